The van der Waals surface area contributed by atoms with Crippen molar-refractivity contribution < 1.29 is 39.9 Å². The number of hydrogen-bond acceptors (Lipinski definition) is 8. The molecule has 1 aromatic heterocycles. The first-order valence-electron chi connectivity index (χ1n) is 11.8. The minimum absolute atomic E-state index is 0.0934. The van der Waals surface area contributed by atoms with Crippen molar-refractivity contribution in [2.24, 2.45) is 0 Å². The topological polar surface area (TPSA) is 146 Å². The summed E-state index contributed by atoms with van der Waals surface area (Å²) in [5.74, 6) is -0.778. The van der Waals surface area contributed by atoms with Gasteiger partial charge in [0, 0.05) is 25.2 Å². The van der Waals surface area contributed by atoms with E-state index in [1.807, 2.05) is 0 Å². The molecule has 1 unspecified atom stereocenters. The van der Waals surface area contributed by atoms with Crippen LogP contribution in [0.25, 0.3) is 10.4 Å². The molecule has 1 aliphatic heterocycles. The number of rotatable bonds is 9. The second-order valence-electron chi connectivity index (χ2n) is 9.74. The second kappa shape index (κ2) is 12.0. The number of hydrogen-bond donors (Lipinski definition) is 3. The van der Waals surface area contributed by atoms with Gasteiger partial charge in [-0.3, -0.25) is 4.79 Å². The SMILES string of the molecule is CC(NS(=O)(=O)c1ccc(-c2sc(C(=O)NCC(C)(C)O)nc2S(=O)(=O)N2CCCCC2)c(Cl)c1Cl)C(F)(F)F. The molecule has 0 spiro atoms. The smallest absolute Gasteiger partial charge is 0.389 e. The lowest BCUT2D eigenvalue weighted by atomic mass is 10.1. The van der Waals surface area contributed by atoms with Crippen LogP contribution in [-0.4, -0.2) is 74.6 Å². The summed E-state index contributed by atoms with van der Waals surface area (Å²) in [7, 11) is -9.04. The molecule has 1 fully saturated rings. The summed E-state index contributed by atoms with van der Waals surface area (Å²) >= 11 is 13.2. The Bertz CT molecular complexity index is 1490. The minimum Gasteiger partial charge on any atom is -0.389 e. The number of alkyl halides is 3. The number of aromatic nitrogens is 1. The maximum absolute atomic E-state index is 13.6. The molecule has 1 saturated heterocycles. The number of carbonyl (C=O) groups excluding carboxylic acids is 1. The first kappa shape index (κ1) is 33.0. The van der Waals surface area contributed by atoms with Crippen LogP contribution in [0.3, 0.4) is 0 Å². The first-order chi connectivity index (χ1) is 18.3. The van der Waals surface area contributed by atoms with Gasteiger partial charge in [-0.25, -0.2) is 21.8 Å². The maximum Gasteiger partial charge on any atom is 0.404 e. The molecule has 0 aliphatic carbocycles. The Balaban J connectivity index is 2.13. The van der Waals surface area contributed by atoms with Crippen molar-refractivity contribution in [1.82, 2.24) is 19.3 Å². The van der Waals surface area contributed by atoms with Gasteiger partial charge < -0.3 is 10.4 Å². The standard InChI is InChI=1S/C22H27Cl2F3N4O6S3/c1-12(22(25,26)27)30-39(34,35)14-8-7-13(15(23)16(14)24)17-20(40(36,37)31-9-5-4-6-10-31)29-19(38-17)18(32)28-11-21(2,3)33/h7-8,12,30,33H,4-6,9-11H2,1-3H3,(H,28,32). The fourth-order valence-corrected chi connectivity index (χ4v) is 8.72. The van der Waals surface area contributed by atoms with Crippen LogP contribution in [0.2, 0.25) is 10.0 Å². The predicted octanol–water partition coefficient (Wildman–Crippen LogP) is 4.02. The molecule has 18 heteroatoms. The van der Waals surface area contributed by atoms with E-state index in [0.29, 0.717) is 31.1 Å². The minimum atomic E-state index is -4.87. The van der Waals surface area contributed by atoms with Gasteiger partial charge in [0.05, 0.1) is 20.5 Å². The van der Waals surface area contributed by atoms with E-state index in [9.17, 15) is 39.9 Å². The number of nitrogens with zero attached hydrogens (tertiary/aromatic N) is 2. The van der Waals surface area contributed by atoms with Crippen molar-refractivity contribution in [2.45, 2.75) is 67.8 Å². The second-order valence-corrected chi connectivity index (χ2v) is 15.0. The highest BCUT2D eigenvalue weighted by atomic mass is 35.5. The number of benzene rings is 1. The van der Waals surface area contributed by atoms with Crippen molar-refractivity contribution >= 4 is 60.5 Å². The molecule has 1 aromatic carbocycles. The molecule has 40 heavy (non-hydrogen) atoms. The molecule has 0 bridgehead atoms. The van der Waals surface area contributed by atoms with Crippen molar-refractivity contribution in [3.05, 3.63) is 27.2 Å². The number of aliphatic hydroxyl groups is 1. The predicted molar refractivity (Wildman–Crippen MR) is 145 cm³/mol. The normalized spacial score (nSPS) is 16.6. The highest BCUT2D eigenvalue weighted by Gasteiger charge is 2.40. The van der Waals surface area contributed by atoms with Crippen molar-refractivity contribution in [2.75, 3.05) is 19.6 Å². The van der Waals surface area contributed by atoms with Crippen LogP contribution in [0.4, 0.5) is 13.2 Å². The highest BCUT2D eigenvalue weighted by Crippen LogP contribution is 2.43. The molecule has 224 valence electrons. The van der Waals surface area contributed by atoms with Gasteiger partial charge in [0.2, 0.25) is 10.0 Å². The Morgan fingerprint density at radius 3 is 2.27 bits per heavy atom. The van der Waals surface area contributed by atoms with Crippen LogP contribution >= 0.6 is 34.5 Å². The molecule has 2 aromatic rings. The Labute approximate surface area is 244 Å². The van der Waals surface area contributed by atoms with Crippen LogP contribution < -0.4 is 10.0 Å². The van der Waals surface area contributed by atoms with Gasteiger partial charge >= 0.3 is 6.18 Å². The van der Waals surface area contributed by atoms with E-state index in [2.05, 4.69) is 10.3 Å². The van der Waals surface area contributed by atoms with E-state index < -0.39 is 63.7 Å². The van der Waals surface area contributed by atoms with E-state index in [4.69, 9.17) is 23.2 Å². The molecule has 3 N–H and O–H groups in total. The summed E-state index contributed by atoms with van der Waals surface area (Å²) in [6.07, 6.45) is -2.81. The molecule has 10 nitrogen and oxygen atoms in total. The molecule has 0 radical (unpaired) electrons. The lowest BCUT2D eigenvalue weighted by Crippen LogP contribution is -2.43. The third kappa shape index (κ3) is 7.45. The third-order valence-corrected chi connectivity index (χ3v) is 11.4. The Morgan fingerprint density at radius 1 is 1.12 bits per heavy atom. The van der Waals surface area contributed by atoms with Crippen molar-refractivity contribution in [3.63, 3.8) is 0 Å². The van der Waals surface area contributed by atoms with Gasteiger partial charge in [-0.1, -0.05) is 35.7 Å². The summed E-state index contributed by atoms with van der Waals surface area (Å²) in [5.41, 5.74) is -1.36. The van der Waals surface area contributed by atoms with Crippen LogP contribution in [0.1, 0.15) is 49.8 Å². The summed E-state index contributed by atoms with van der Waals surface area (Å²) in [4.78, 5) is 16.0. The van der Waals surface area contributed by atoms with Crippen molar-refractivity contribution in [1.29, 1.82) is 0 Å². The quantitative estimate of drug-likeness (QED) is 0.366. The summed E-state index contributed by atoms with van der Waals surface area (Å²) in [5, 5.41) is 10.5. The molecule has 1 amide bonds. The lowest BCUT2D eigenvalue weighted by Gasteiger charge is -2.25. The number of amides is 1. The fraction of sp³-hybridized carbons (Fsp3) is 0.545. The van der Waals surface area contributed by atoms with Gasteiger partial charge in [-0.05, 0) is 39.7 Å². The molecule has 1 aliphatic rings. The zero-order valence-electron chi connectivity index (χ0n) is 21.5. The van der Waals surface area contributed by atoms with E-state index >= 15 is 0 Å². The summed E-state index contributed by atoms with van der Waals surface area (Å²) in [6.45, 7) is 3.78. The molecular weight excluding hydrogens is 640 g/mol. The number of sulfonamides is 2. The third-order valence-electron chi connectivity index (χ3n) is 5.78. The first-order valence-corrected chi connectivity index (χ1v) is 16.3. The van der Waals surface area contributed by atoms with E-state index in [0.717, 1.165) is 18.6 Å². The number of piperidine rings is 1. The number of halogens is 5. The average Bonchev–Trinajstić information content (AvgIpc) is 3.29. The average molecular weight is 668 g/mol. The zero-order valence-corrected chi connectivity index (χ0v) is 25.4. The fourth-order valence-electron chi connectivity index (χ4n) is 3.63. The number of thiazole rings is 1. The number of nitrogens with one attached hydrogen (secondary N) is 2. The highest BCUT2D eigenvalue weighted by molar-refractivity contribution is 7.89. The summed E-state index contributed by atoms with van der Waals surface area (Å²) < 4.78 is 94.0. The van der Waals surface area contributed by atoms with Crippen LogP contribution in [0, 0.1) is 0 Å². The maximum atomic E-state index is 13.6. The lowest BCUT2D eigenvalue weighted by molar-refractivity contribution is -0.147. The van der Waals surface area contributed by atoms with Gasteiger partial charge in [0.15, 0.2) is 10.0 Å². The Morgan fingerprint density at radius 2 is 1.73 bits per heavy atom. The molecule has 0 saturated carbocycles. The van der Waals surface area contributed by atoms with Gasteiger partial charge in [0.25, 0.3) is 15.9 Å². The van der Waals surface area contributed by atoms with E-state index in [-0.39, 0.29) is 35.1 Å². The monoisotopic (exact) mass is 666 g/mol. The molecule has 1 atom stereocenters. The number of carbonyl (C=O) groups is 1. The van der Waals surface area contributed by atoms with Crippen LogP contribution in [0.5, 0.6) is 0 Å². The van der Waals surface area contributed by atoms with Gasteiger partial charge in [-0.2, -0.15) is 22.2 Å². The Hall–Kier alpha value is -1.53. The largest absolute Gasteiger partial charge is 0.404 e. The van der Waals surface area contributed by atoms with Crippen LogP contribution in [-0.2, 0) is 20.0 Å². The van der Waals surface area contributed by atoms with Crippen LogP contribution in [0.15, 0.2) is 22.1 Å². The molecule has 3 rings (SSSR count). The van der Waals surface area contributed by atoms with Gasteiger partial charge in [0.1, 0.15) is 10.9 Å². The zero-order chi connectivity index (χ0) is 30.3. The van der Waals surface area contributed by atoms with E-state index in [1.54, 1.807) is 0 Å². The molecular formula is C22H27Cl2F3N4O6S3. The molecule has 2 heterocycles. The van der Waals surface area contributed by atoms with Crippen molar-refractivity contribution in [3.8, 4) is 10.4 Å². The van der Waals surface area contributed by atoms with Gasteiger partial charge in [-0.15, -0.1) is 11.3 Å². The Kier molecular flexibility index (Phi) is 9.89. The summed E-state index contributed by atoms with van der Waals surface area (Å²) in [6, 6.07) is -0.456. The van der Waals surface area contributed by atoms with E-state index in [1.165, 1.54) is 22.9 Å².